The highest BCUT2D eigenvalue weighted by Crippen LogP contribution is 2.47. The van der Waals surface area contributed by atoms with Crippen LogP contribution in [0.2, 0.25) is 0 Å². The van der Waals surface area contributed by atoms with Crippen LogP contribution in [0.1, 0.15) is 41.5 Å². The van der Waals surface area contributed by atoms with Crippen LogP contribution in [0.4, 0.5) is 9.59 Å². The summed E-state index contributed by atoms with van der Waals surface area (Å²) in [6.45, 7) is 9.70. The fraction of sp³-hybridized carbons (Fsp3) is 0.733. The number of hydrogen-bond donors (Lipinski definition) is 0. The molecule has 0 aliphatic carbocycles. The maximum atomic E-state index is 12.2. The monoisotopic (exact) mass is 381 g/mol. The molecular weight excluding hydrogens is 353 g/mol. The second-order valence-electron chi connectivity index (χ2n) is 6.89. The summed E-state index contributed by atoms with van der Waals surface area (Å²) in [4.78, 5) is 28.8. The van der Waals surface area contributed by atoms with Gasteiger partial charge in [-0.2, -0.15) is 0 Å². The lowest BCUT2D eigenvalue weighted by atomic mass is 10.2. The van der Waals surface area contributed by atoms with E-state index >= 15 is 0 Å². The molecule has 25 heavy (non-hydrogen) atoms. The minimum atomic E-state index is -3.41. The van der Waals surface area contributed by atoms with Crippen molar-refractivity contribution in [3.63, 3.8) is 0 Å². The van der Waals surface area contributed by atoms with Crippen LogP contribution in [0.25, 0.3) is 0 Å². The topological polar surface area (TPSA) is 101 Å². The Labute approximate surface area is 148 Å². The molecule has 0 spiro atoms. The summed E-state index contributed by atoms with van der Waals surface area (Å²) in [5, 5.41) is 0.644. The number of ether oxygens (including phenoxy) is 2. The first-order valence-corrected chi connectivity index (χ1v) is 9.13. The second kappa shape index (κ2) is 9.22. The average Bonchev–Trinajstić information content (AvgIpc) is 2.42. The first-order chi connectivity index (χ1) is 11.2. The van der Waals surface area contributed by atoms with E-state index in [1.165, 1.54) is 20.3 Å². The highest BCUT2D eigenvalue weighted by atomic mass is 31.2. The predicted octanol–water partition coefficient (Wildman–Crippen LogP) is 4.09. The third-order valence-corrected chi connectivity index (χ3v) is 3.83. The Hall–Kier alpha value is -1.57. The summed E-state index contributed by atoms with van der Waals surface area (Å²) >= 11 is 0. The van der Waals surface area contributed by atoms with E-state index in [-0.39, 0.29) is 6.54 Å². The molecule has 0 saturated carbocycles. The van der Waals surface area contributed by atoms with Gasteiger partial charge in [-0.15, -0.1) is 5.06 Å². The van der Waals surface area contributed by atoms with Crippen molar-refractivity contribution in [2.75, 3.05) is 20.8 Å². The van der Waals surface area contributed by atoms with Gasteiger partial charge in [0.15, 0.2) is 0 Å². The van der Waals surface area contributed by atoms with E-state index in [1.54, 1.807) is 41.5 Å². The van der Waals surface area contributed by atoms with Crippen LogP contribution in [-0.2, 0) is 27.9 Å². The van der Waals surface area contributed by atoms with Crippen LogP contribution in [-0.4, -0.2) is 49.3 Å². The summed E-state index contributed by atoms with van der Waals surface area (Å²) in [5.41, 5.74) is -1.60. The van der Waals surface area contributed by atoms with E-state index in [1.807, 2.05) is 0 Å². The molecule has 9 nitrogen and oxygen atoms in total. The minimum Gasteiger partial charge on any atom is -0.442 e. The Bertz CT molecular complexity index is 525. The van der Waals surface area contributed by atoms with Crippen LogP contribution in [0.3, 0.4) is 0 Å². The molecule has 0 aromatic heterocycles. The molecule has 0 unspecified atom stereocenters. The predicted molar refractivity (Wildman–Crippen MR) is 91.0 cm³/mol. The third kappa shape index (κ3) is 10.8. The van der Waals surface area contributed by atoms with Gasteiger partial charge in [0.25, 0.3) is 0 Å². The van der Waals surface area contributed by atoms with Gasteiger partial charge in [-0.3, -0.25) is 9.40 Å². The summed E-state index contributed by atoms with van der Waals surface area (Å²) in [6, 6.07) is 0. The van der Waals surface area contributed by atoms with Gasteiger partial charge in [0.2, 0.25) is 0 Å². The molecule has 0 N–H and O–H groups in total. The van der Waals surface area contributed by atoms with Crippen molar-refractivity contribution in [3.05, 3.63) is 11.9 Å². The van der Waals surface area contributed by atoms with Crippen LogP contribution in [0.15, 0.2) is 11.9 Å². The van der Waals surface area contributed by atoms with Crippen molar-refractivity contribution in [1.82, 2.24) is 5.06 Å². The van der Waals surface area contributed by atoms with E-state index in [0.29, 0.717) is 5.06 Å². The highest BCUT2D eigenvalue weighted by molar-refractivity contribution is 7.57. The average molecular weight is 381 g/mol. The van der Waals surface area contributed by atoms with Crippen LogP contribution in [0.5, 0.6) is 0 Å². The Morgan fingerprint density at radius 2 is 1.44 bits per heavy atom. The quantitative estimate of drug-likeness (QED) is 0.399. The molecule has 0 aromatic carbocycles. The van der Waals surface area contributed by atoms with Crippen LogP contribution >= 0.6 is 7.60 Å². The van der Waals surface area contributed by atoms with Crippen LogP contribution in [0, 0.1) is 0 Å². The lowest BCUT2D eigenvalue weighted by Gasteiger charge is -2.26. The molecule has 0 saturated heterocycles. The zero-order chi connectivity index (χ0) is 19.9. The van der Waals surface area contributed by atoms with E-state index in [9.17, 15) is 14.2 Å². The molecule has 0 fully saturated rings. The zero-order valence-electron chi connectivity index (χ0n) is 16.0. The van der Waals surface area contributed by atoms with E-state index in [0.717, 1.165) is 5.82 Å². The number of rotatable bonds is 5. The van der Waals surface area contributed by atoms with E-state index in [4.69, 9.17) is 23.4 Å². The first kappa shape index (κ1) is 23.4. The van der Waals surface area contributed by atoms with Crippen molar-refractivity contribution in [1.29, 1.82) is 0 Å². The normalized spacial score (nSPS) is 12.8. The number of nitrogens with zero attached hydrogens (tertiary/aromatic N) is 1. The number of amides is 1. The fourth-order valence-corrected chi connectivity index (χ4v) is 2.03. The zero-order valence-corrected chi connectivity index (χ0v) is 16.9. The Morgan fingerprint density at radius 1 is 0.960 bits per heavy atom. The highest BCUT2D eigenvalue weighted by Gasteiger charge is 2.27. The molecule has 0 atom stereocenters. The standard InChI is InChI=1S/C15H28NO8P/c1-14(2,3)22-12(17)16(24-13(18)23-15(4,5)6)10-9-11-25(19,20-7)21-8/h9,11H,10H2,1-8H3/b11-9-. The van der Waals surface area contributed by atoms with Gasteiger partial charge in [-0.25, -0.2) is 9.59 Å². The molecule has 0 radical (unpaired) electrons. The van der Waals surface area contributed by atoms with Gasteiger partial charge >= 0.3 is 19.8 Å². The Balaban J connectivity index is 5.14. The lowest BCUT2D eigenvalue weighted by molar-refractivity contribution is -0.130. The molecule has 0 rings (SSSR count). The summed E-state index contributed by atoms with van der Waals surface area (Å²) in [6.07, 6.45) is -0.691. The number of carbonyl (C=O) groups excluding carboxylic acids is 2. The molecule has 0 aromatic rings. The van der Waals surface area contributed by atoms with Gasteiger partial charge < -0.3 is 18.5 Å². The van der Waals surface area contributed by atoms with Gasteiger partial charge in [0.05, 0.1) is 6.54 Å². The minimum absolute atomic E-state index is 0.245. The lowest BCUT2D eigenvalue weighted by Crippen LogP contribution is -2.39. The van der Waals surface area contributed by atoms with E-state index in [2.05, 4.69) is 0 Å². The molecule has 0 aliphatic heterocycles. The SMILES string of the molecule is COP(=O)(/C=C\CN(OC(=O)OC(C)(C)C)C(=O)OC(C)(C)C)OC. The summed E-state index contributed by atoms with van der Waals surface area (Å²) in [5.74, 6) is 1.14. The van der Waals surface area contributed by atoms with Crippen molar-refractivity contribution in [3.8, 4) is 0 Å². The molecule has 1 amide bonds. The summed E-state index contributed by atoms with van der Waals surface area (Å²) < 4.78 is 31.6. The Morgan fingerprint density at radius 3 is 1.84 bits per heavy atom. The largest absolute Gasteiger partial charge is 0.534 e. The smallest absolute Gasteiger partial charge is 0.442 e. The number of carbonyl (C=O) groups is 2. The van der Waals surface area contributed by atoms with Gasteiger partial charge in [0, 0.05) is 20.0 Å². The van der Waals surface area contributed by atoms with E-state index < -0.39 is 31.0 Å². The molecule has 10 heteroatoms. The molecule has 0 bridgehead atoms. The maximum Gasteiger partial charge on any atom is 0.534 e. The second-order valence-corrected chi connectivity index (χ2v) is 9.00. The van der Waals surface area contributed by atoms with Gasteiger partial charge in [-0.1, -0.05) is 6.08 Å². The Kier molecular flexibility index (Phi) is 8.64. The first-order valence-electron chi connectivity index (χ1n) is 7.52. The summed E-state index contributed by atoms with van der Waals surface area (Å²) in [7, 11) is -0.968. The molecule has 0 aliphatic rings. The number of hydroxylamine groups is 2. The van der Waals surface area contributed by atoms with Gasteiger partial charge in [-0.05, 0) is 41.5 Å². The third-order valence-electron chi connectivity index (χ3n) is 2.24. The molecule has 0 heterocycles. The van der Waals surface area contributed by atoms with Crippen molar-refractivity contribution >= 4 is 19.8 Å². The van der Waals surface area contributed by atoms with Crippen molar-refractivity contribution in [2.45, 2.75) is 52.7 Å². The van der Waals surface area contributed by atoms with Crippen molar-refractivity contribution < 1.29 is 37.5 Å². The van der Waals surface area contributed by atoms with Crippen LogP contribution < -0.4 is 0 Å². The number of hydrogen-bond acceptors (Lipinski definition) is 8. The molecular formula is C15H28NO8P. The van der Waals surface area contributed by atoms with Crippen molar-refractivity contribution in [2.24, 2.45) is 0 Å². The fourth-order valence-electron chi connectivity index (χ4n) is 1.29. The molecule has 146 valence electrons. The maximum absolute atomic E-state index is 12.2. The van der Waals surface area contributed by atoms with Gasteiger partial charge in [0.1, 0.15) is 11.2 Å².